The van der Waals surface area contributed by atoms with Crippen molar-refractivity contribution in [2.24, 2.45) is 7.05 Å². The van der Waals surface area contributed by atoms with Gasteiger partial charge in [-0.1, -0.05) is 11.2 Å². The first-order valence-corrected chi connectivity index (χ1v) is 7.47. The summed E-state index contributed by atoms with van der Waals surface area (Å²) in [4.78, 5) is 17.7. The van der Waals surface area contributed by atoms with Gasteiger partial charge in [0.2, 0.25) is 0 Å². The van der Waals surface area contributed by atoms with Crippen LogP contribution >= 0.6 is 11.3 Å². The Hall–Kier alpha value is -2.74. The Bertz CT molecular complexity index is 996. The first-order valence-electron chi connectivity index (χ1n) is 6.59. The first kappa shape index (κ1) is 13.0. The molecule has 0 spiro atoms. The third kappa shape index (κ3) is 2.04. The zero-order valence-corrected chi connectivity index (χ0v) is 12.4. The zero-order chi connectivity index (χ0) is 15.1. The van der Waals surface area contributed by atoms with Crippen LogP contribution in [-0.4, -0.2) is 24.5 Å². The van der Waals surface area contributed by atoms with Gasteiger partial charge in [0.25, 0.3) is 5.56 Å². The van der Waals surface area contributed by atoms with Gasteiger partial charge >= 0.3 is 0 Å². The molecule has 0 N–H and O–H groups in total. The molecule has 0 bridgehead atoms. The molecule has 0 saturated carbocycles. The normalized spacial score (nSPS) is 11.3. The van der Waals surface area contributed by atoms with E-state index < -0.39 is 0 Å². The molecule has 4 aromatic rings. The number of thiophene rings is 1. The van der Waals surface area contributed by atoms with Crippen molar-refractivity contribution in [1.82, 2.24) is 24.5 Å². The molecule has 0 aliphatic carbocycles. The summed E-state index contributed by atoms with van der Waals surface area (Å²) in [5.41, 5.74) is 1.11. The van der Waals surface area contributed by atoms with Gasteiger partial charge in [-0.2, -0.15) is 5.10 Å². The van der Waals surface area contributed by atoms with Crippen molar-refractivity contribution >= 4 is 22.4 Å². The lowest BCUT2D eigenvalue weighted by Gasteiger charge is -2.01. The fraction of sp³-hybridized carbons (Fsp3) is 0.143. The van der Waals surface area contributed by atoms with Gasteiger partial charge in [-0.3, -0.25) is 14.0 Å². The largest absolute Gasteiger partial charge is 0.355 e. The van der Waals surface area contributed by atoms with Gasteiger partial charge in [-0.05, 0) is 11.4 Å². The van der Waals surface area contributed by atoms with Crippen molar-refractivity contribution in [3.8, 4) is 10.6 Å². The number of nitrogens with zero attached hydrogens (tertiary/aromatic N) is 5. The maximum Gasteiger partial charge on any atom is 0.264 e. The monoisotopic (exact) mass is 313 g/mol. The van der Waals surface area contributed by atoms with Crippen LogP contribution in [0.4, 0.5) is 0 Å². The minimum Gasteiger partial charge on any atom is -0.355 e. The number of hydrogen-bond acceptors (Lipinski definition) is 6. The Balaban J connectivity index is 1.69. The van der Waals surface area contributed by atoms with Crippen molar-refractivity contribution in [2.45, 2.75) is 6.54 Å². The zero-order valence-electron chi connectivity index (χ0n) is 11.6. The SMILES string of the molecule is Cn1ncc2c(=O)n(Cc3cc(-c4cccs4)on3)cnc21. The van der Waals surface area contributed by atoms with Crippen molar-refractivity contribution in [1.29, 1.82) is 0 Å². The summed E-state index contributed by atoms with van der Waals surface area (Å²) in [5, 5.41) is 10.5. The highest BCUT2D eigenvalue weighted by molar-refractivity contribution is 7.13. The second-order valence-electron chi connectivity index (χ2n) is 4.84. The molecule has 0 radical (unpaired) electrons. The Kier molecular flexibility index (Phi) is 2.90. The Morgan fingerprint density at radius 3 is 3.14 bits per heavy atom. The van der Waals surface area contributed by atoms with E-state index in [0.717, 1.165) is 4.88 Å². The Morgan fingerprint density at radius 1 is 1.41 bits per heavy atom. The molecular formula is C14H11N5O2S. The van der Waals surface area contributed by atoms with E-state index in [9.17, 15) is 4.79 Å². The Morgan fingerprint density at radius 2 is 2.32 bits per heavy atom. The molecule has 4 rings (SSSR count). The van der Waals surface area contributed by atoms with E-state index in [0.29, 0.717) is 29.0 Å². The molecule has 0 amide bonds. The van der Waals surface area contributed by atoms with Crippen LogP contribution < -0.4 is 5.56 Å². The van der Waals surface area contributed by atoms with E-state index in [2.05, 4.69) is 15.2 Å². The average Bonchev–Trinajstić information content (AvgIpc) is 3.23. The van der Waals surface area contributed by atoms with Crippen LogP contribution in [-0.2, 0) is 13.6 Å². The van der Waals surface area contributed by atoms with Gasteiger partial charge < -0.3 is 4.52 Å². The van der Waals surface area contributed by atoms with Gasteiger partial charge in [0.15, 0.2) is 11.4 Å². The molecule has 0 aromatic carbocycles. The highest BCUT2D eigenvalue weighted by atomic mass is 32.1. The fourth-order valence-electron chi connectivity index (χ4n) is 2.27. The number of hydrogen-bond donors (Lipinski definition) is 0. The van der Waals surface area contributed by atoms with Gasteiger partial charge in [0.05, 0.1) is 17.6 Å². The van der Waals surface area contributed by atoms with Gasteiger partial charge in [0.1, 0.15) is 17.4 Å². The van der Waals surface area contributed by atoms with E-state index in [4.69, 9.17) is 4.52 Å². The van der Waals surface area contributed by atoms with E-state index in [1.165, 1.54) is 17.1 Å². The van der Waals surface area contributed by atoms with E-state index >= 15 is 0 Å². The summed E-state index contributed by atoms with van der Waals surface area (Å²) < 4.78 is 8.40. The molecule has 0 aliphatic heterocycles. The summed E-state index contributed by atoms with van der Waals surface area (Å²) in [5.74, 6) is 0.702. The van der Waals surface area contributed by atoms with Crippen LogP contribution in [0.25, 0.3) is 21.7 Å². The molecule has 0 atom stereocenters. The lowest BCUT2D eigenvalue weighted by Crippen LogP contribution is -2.21. The second-order valence-corrected chi connectivity index (χ2v) is 5.79. The number of fused-ring (bicyclic) bond motifs is 1. The quantitative estimate of drug-likeness (QED) is 0.577. The predicted octanol–water partition coefficient (Wildman–Crippen LogP) is 1.89. The molecule has 22 heavy (non-hydrogen) atoms. The maximum atomic E-state index is 12.4. The van der Waals surface area contributed by atoms with Crippen LogP contribution in [0.2, 0.25) is 0 Å². The molecule has 0 aliphatic rings. The lowest BCUT2D eigenvalue weighted by atomic mass is 10.3. The lowest BCUT2D eigenvalue weighted by molar-refractivity contribution is 0.421. The van der Waals surface area contributed by atoms with Gasteiger partial charge in [-0.15, -0.1) is 11.3 Å². The predicted molar refractivity (Wildman–Crippen MR) is 81.7 cm³/mol. The van der Waals surface area contributed by atoms with E-state index in [1.807, 2.05) is 23.6 Å². The third-order valence-corrected chi connectivity index (χ3v) is 4.26. The highest BCUT2D eigenvalue weighted by Gasteiger charge is 2.11. The topological polar surface area (TPSA) is 78.7 Å². The van der Waals surface area contributed by atoms with Crippen LogP contribution in [0.5, 0.6) is 0 Å². The third-order valence-electron chi connectivity index (χ3n) is 3.37. The summed E-state index contributed by atoms with van der Waals surface area (Å²) in [7, 11) is 1.75. The van der Waals surface area contributed by atoms with E-state index in [1.54, 1.807) is 23.1 Å². The van der Waals surface area contributed by atoms with E-state index in [-0.39, 0.29) is 5.56 Å². The molecule has 8 heteroatoms. The first-order chi connectivity index (χ1) is 10.7. The number of aromatic nitrogens is 5. The molecule has 0 fully saturated rings. The maximum absolute atomic E-state index is 12.4. The fourth-order valence-corrected chi connectivity index (χ4v) is 2.95. The van der Waals surface area contributed by atoms with Crippen LogP contribution in [0.1, 0.15) is 5.69 Å². The molecule has 0 saturated heterocycles. The minimum absolute atomic E-state index is 0.140. The van der Waals surface area contributed by atoms with Crippen LogP contribution in [0, 0.1) is 0 Å². The summed E-state index contributed by atoms with van der Waals surface area (Å²) in [6, 6.07) is 5.75. The average molecular weight is 313 g/mol. The Labute approximate surface area is 128 Å². The smallest absolute Gasteiger partial charge is 0.264 e. The summed E-state index contributed by atoms with van der Waals surface area (Å²) in [6.45, 7) is 0.311. The minimum atomic E-state index is -0.140. The molecular weight excluding hydrogens is 302 g/mol. The van der Waals surface area contributed by atoms with Crippen molar-refractivity contribution in [2.75, 3.05) is 0 Å². The van der Waals surface area contributed by atoms with Crippen molar-refractivity contribution in [3.63, 3.8) is 0 Å². The van der Waals surface area contributed by atoms with Crippen LogP contribution in [0.15, 0.2) is 45.4 Å². The number of rotatable bonds is 3. The van der Waals surface area contributed by atoms with Crippen molar-refractivity contribution < 1.29 is 4.52 Å². The molecule has 4 aromatic heterocycles. The summed E-state index contributed by atoms with van der Waals surface area (Å²) in [6.07, 6.45) is 3.03. The molecule has 0 unspecified atom stereocenters. The highest BCUT2D eigenvalue weighted by Crippen LogP contribution is 2.25. The van der Waals surface area contributed by atoms with Crippen LogP contribution in [0.3, 0.4) is 0 Å². The summed E-state index contributed by atoms with van der Waals surface area (Å²) >= 11 is 1.58. The van der Waals surface area contributed by atoms with Crippen molar-refractivity contribution in [3.05, 3.63) is 52.2 Å². The molecule has 4 heterocycles. The second kappa shape index (κ2) is 4.92. The number of aryl methyl sites for hydroxylation is 1. The standard InChI is InChI=1S/C14H11N5O2S/c1-18-13-10(6-16-18)14(20)19(8-15-13)7-9-5-11(21-17-9)12-3-2-4-22-12/h2-6,8H,7H2,1H3. The molecule has 7 nitrogen and oxygen atoms in total. The van der Waals surface area contributed by atoms with Gasteiger partial charge in [-0.25, -0.2) is 4.98 Å². The molecule has 110 valence electrons. The van der Waals surface area contributed by atoms with Gasteiger partial charge in [0, 0.05) is 13.1 Å².